The van der Waals surface area contributed by atoms with Gasteiger partial charge in [-0.25, -0.2) is 12.8 Å². The average Bonchev–Trinajstić information content (AvgIpc) is 3.31. The molecule has 0 radical (unpaired) electrons. The van der Waals surface area contributed by atoms with Crippen LogP contribution in [0.4, 0.5) is 10.1 Å². The van der Waals surface area contributed by atoms with E-state index in [9.17, 15) is 17.9 Å². The van der Waals surface area contributed by atoms with Crippen molar-refractivity contribution in [2.75, 3.05) is 31.7 Å². The van der Waals surface area contributed by atoms with Gasteiger partial charge < -0.3 is 10.4 Å². The van der Waals surface area contributed by atoms with Gasteiger partial charge >= 0.3 is 0 Å². The van der Waals surface area contributed by atoms with Crippen LogP contribution in [0.5, 0.6) is 5.75 Å². The Kier molecular flexibility index (Phi) is 6.25. The van der Waals surface area contributed by atoms with Gasteiger partial charge in [-0.05, 0) is 80.2 Å². The highest BCUT2D eigenvalue weighted by atomic mass is 32.2. The molecule has 1 heterocycles. The SMILES string of the molecule is CNc1ccc(S(C)(=O)=O)cc1.Oc1cc(F)cc2c1CC(N1CCCC1)C2. The second kappa shape index (κ2) is 8.49. The van der Waals surface area contributed by atoms with E-state index in [1.807, 2.05) is 0 Å². The number of halogens is 1. The molecule has 2 aromatic carbocycles. The molecule has 2 aromatic rings. The van der Waals surface area contributed by atoms with Crippen molar-refractivity contribution < 1.29 is 17.9 Å². The molecule has 2 N–H and O–H groups in total. The van der Waals surface area contributed by atoms with Gasteiger partial charge in [-0.1, -0.05) is 0 Å². The van der Waals surface area contributed by atoms with Gasteiger partial charge in [-0.2, -0.15) is 0 Å². The fourth-order valence-electron chi connectivity index (χ4n) is 3.89. The molecule has 5 nitrogen and oxygen atoms in total. The monoisotopic (exact) mass is 406 g/mol. The Hall–Kier alpha value is -2.12. The molecule has 7 heteroatoms. The van der Waals surface area contributed by atoms with E-state index in [-0.39, 0.29) is 11.6 Å². The van der Waals surface area contributed by atoms with Gasteiger partial charge in [0.2, 0.25) is 0 Å². The van der Waals surface area contributed by atoms with Gasteiger partial charge in [0.15, 0.2) is 9.84 Å². The first-order valence-corrected chi connectivity index (χ1v) is 11.4. The van der Waals surface area contributed by atoms with Gasteiger partial charge in [0.05, 0.1) is 4.90 Å². The first-order valence-electron chi connectivity index (χ1n) is 9.50. The van der Waals surface area contributed by atoms with E-state index in [0.717, 1.165) is 42.7 Å². The van der Waals surface area contributed by atoms with E-state index in [2.05, 4.69) is 10.2 Å². The van der Waals surface area contributed by atoms with Crippen molar-refractivity contribution in [3.63, 3.8) is 0 Å². The number of nitrogens with zero attached hydrogens (tertiary/aromatic N) is 1. The van der Waals surface area contributed by atoms with Gasteiger partial charge in [0.25, 0.3) is 0 Å². The van der Waals surface area contributed by atoms with Crippen LogP contribution in [0.25, 0.3) is 0 Å². The molecule has 28 heavy (non-hydrogen) atoms. The highest BCUT2D eigenvalue weighted by Gasteiger charge is 2.30. The minimum atomic E-state index is -3.06. The Bertz CT molecular complexity index is 923. The van der Waals surface area contributed by atoms with Crippen molar-refractivity contribution in [2.24, 2.45) is 0 Å². The fourth-order valence-corrected chi connectivity index (χ4v) is 4.52. The molecule has 0 spiro atoms. The number of hydrogen-bond donors (Lipinski definition) is 2. The number of likely N-dealkylation sites (tertiary alicyclic amines) is 1. The number of hydrogen-bond acceptors (Lipinski definition) is 5. The van der Waals surface area contributed by atoms with E-state index in [1.54, 1.807) is 37.4 Å². The van der Waals surface area contributed by atoms with Crippen molar-refractivity contribution in [3.05, 3.63) is 53.3 Å². The van der Waals surface area contributed by atoms with E-state index >= 15 is 0 Å². The number of nitrogens with one attached hydrogen (secondary N) is 1. The number of phenols is 1. The third kappa shape index (κ3) is 4.83. The van der Waals surface area contributed by atoms with Crippen LogP contribution in [0.2, 0.25) is 0 Å². The van der Waals surface area contributed by atoms with Gasteiger partial charge in [-0.15, -0.1) is 0 Å². The minimum absolute atomic E-state index is 0.136. The standard InChI is InChI=1S/C13H16FNO.C8H11NO2S/c14-10-5-9-6-11(15-3-1-2-4-15)8-12(9)13(16)7-10;1-9-7-3-5-8(6-4-7)12(2,10)11/h5,7,11,16H,1-4,6,8H2;3-6,9H,1-2H3. The largest absolute Gasteiger partial charge is 0.508 e. The van der Waals surface area contributed by atoms with Crippen molar-refractivity contribution in [3.8, 4) is 5.75 Å². The molecule has 2 aliphatic rings. The Morgan fingerprint density at radius 1 is 1.11 bits per heavy atom. The summed E-state index contributed by atoms with van der Waals surface area (Å²) in [6, 6.07) is 9.91. The van der Waals surface area contributed by atoms with Gasteiger partial charge in [0, 0.05) is 31.1 Å². The van der Waals surface area contributed by atoms with Gasteiger partial charge in [0.1, 0.15) is 11.6 Å². The van der Waals surface area contributed by atoms with Crippen LogP contribution >= 0.6 is 0 Å². The summed E-state index contributed by atoms with van der Waals surface area (Å²) in [7, 11) is -1.27. The Morgan fingerprint density at radius 2 is 1.75 bits per heavy atom. The number of phenolic OH excluding ortho intramolecular Hbond substituents is 1. The molecular formula is C21H27FN2O3S. The molecule has 1 atom stereocenters. The van der Waals surface area contributed by atoms with Crippen molar-refractivity contribution in [1.29, 1.82) is 0 Å². The Labute approximate surface area is 166 Å². The van der Waals surface area contributed by atoms with Crippen molar-refractivity contribution >= 4 is 15.5 Å². The lowest BCUT2D eigenvalue weighted by molar-refractivity contribution is 0.249. The zero-order valence-electron chi connectivity index (χ0n) is 16.3. The lowest BCUT2D eigenvalue weighted by Crippen LogP contribution is -2.33. The first kappa shape index (κ1) is 20.6. The van der Waals surface area contributed by atoms with E-state index in [1.165, 1.54) is 25.2 Å². The van der Waals surface area contributed by atoms with E-state index < -0.39 is 9.84 Å². The van der Waals surface area contributed by atoms with Crippen molar-refractivity contribution in [2.45, 2.75) is 36.6 Å². The topological polar surface area (TPSA) is 69.6 Å². The van der Waals surface area contributed by atoms with Crippen LogP contribution in [0, 0.1) is 5.82 Å². The highest BCUT2D eigenvalue weighted by Crippen LogP contribution is 2.34. The number of rotatable bonds is 3. The number of sulfone groups is 1. The molecule has 0 saturated carbocycles. The van der Waals surface area contributed by atoms with Crippen LogP contribution in [-0.4, -0.2) is 50.9 Å². The number of fused-ring (bicyclic) bond motifs is 1. The normalized spacial score (nSPS) is 19.0. The van der Waals surface area contributed by atoms with Gasteiger partial charge in [-0.3, -0.25) is 4.90 Å². The second-order valence-electron chi connectivity index (χ2n) is 7.41. The van der Waals surface area contributed by atoms with Crippen LogP contribution in [0.3, 0.4) is 0 Å². The number of benzene rings is 2. The highest BCUT2D eigenvalue weighted by molar-refractivity contribution is 7.90. The third-order valence-electron chi connectivity index (χ3n) is 5.41. The zero-order chi connectivity index (χ0) is 20.3. The lowest BCUT2D eigenvalue weighted by Gasteiger charge is -2.22. The molecule has 4 rings (SSSR count). The summed E-state index contributed by atoms with van der Waals surface area (Å²) in [6.45, 7) is 2.31. The van der Waals surface area contributed by atoms with Crippen molar-refractivity contribution in [1.82, 2.24) is 4.90 Å². The second-order valence-corrected chi connectivity index (χ2v) is 9.43. The van der Waals surface area contributed by atoms with Crippen LogP contribution < -0.4 is 5.32 Å². The maximum absolute atomic E-state index is 13.2. The molecule has 1 fully saturated rings. The molecule has 1 saturated heterocycles. The molecule has 1 aliphatic heterocycles. The summed E-state index contributed by atoms with van der Waals surface area (Å²) in [5.41, 5.74) is 2.86. The first-order chi connectivity index (χ1) is 13.3. The summed E-state index contributed by atoms with van der Waals surface area (Å²) in [4.78, 5) is 2.82. The summed E-state index contributed by atoms with van der Waals surface area (Å²) >= 11 is 0. The predicted molar refractivity (Wildman–Crippen MR) is 109 cm³/mol. The molecule has 152 valence electrons. The summed E-state index contributed by atoms with van der Waals surface area (Å²) in [5, 5.41) is 12.6. The quantitative estimate of drug-likeness (QED) is 0.819. The lowest BCUT2D eigenvalue weighted by atomic mass is 10.1. The number of anilines is 1. The maximum Gasteiger partial charge on any atom is 0.175 e. The predicted octanol–water partition coefficient (Wildman–Crippen LogP) is 3.23. The smallest absolute Gasteiger partial charge is 0.175 e. The minimum Gasteiger partial charge on any atom is -0.508 e. The average molecular weight is 407 g/mol. The van der Waals surface area contributed by atoms with Crippen LogP contribution in [0.1, 0.15) is 24.0 Å². The molecule has 0 aromatic heterocycles. The summed E-state index contributed by atoms with van der Waals surface area (Å²) in [6.07, 6.45) is 5.50. The molecule has 1 unspecified atom stereocenters. The Balaban J connectivity index is 0.000000169. The summed E-state index contributed by atoms with van der Waals surface area (Å²) in [5.74, 6) is -0.185. The molecule has 0 bridgehead atoms. The third-order valence-corrected chi connectivity index (χ3v) is 6.54. The van der Waals surface area contributed by atoms with E-state index in [4.69, 9.17) is 0 Å². The summed E-state index contributed by atoms with van der Waals surface area (Å²) < 4.78 is 35.2. The molecule has 0 amide bonds. The van der Waals surface area contributed by atoms with Crippen LogP contribution in [-0.2, 0) is 22.7 Å². The van der Waals surface area contributed by atoms with E-state index in [0.29, 0.717) is 10.9 Å². The van der Waals surface area contributed by atoms with Crippen LogP contribution in [0.15, 0.2) is 41.3 Å². The fraction of sp³-hybridized carbons (Fsp3) is 0.429. The zero-order valence-corrected chi connectivity index (χ0v) is 17.1. The number of aromatic hydroxyl groups is 1. The maximum atomic E-state index is 13.2. The Morgan fingerprint density at radius 3 is 2.32 bits per heavy atom. The molecular weight excluding hydrogens is 379 g/mol. The molecule has 1 aliphatic carbocycles.